The second-order valence-electron chi connectivity index (χ2n) is 7.42. The van der Waals surface area contributed by atoms with E-state index >= 15 is 0 Å². The SMILES string of the molecule is Cc1cccc(C(=O)N2CCSC23CCN(C(=O)c2ccc(Br)cc2)CC3)c1. The molecule has 2 saturated heterocycles. The fraction of sp³-hybridized carbons (Fsp3) is 0.364. The molecular weight excluding hydrogens is 436 g/mol. The minimum absolute atomic E-state index is 0.0712. The van der Waals surface area contributed by atoms with Crippen LogP contribution in [0.2, 0.25) is 0 Å². The van der Waals surface area contributed by atoms with Gasteiger partial charge in [-0.2, -0.15) is 0 Å². The summed E-state index contributed by atoms with van der Waals surface area (Å²) in [5, 5.41) is 0. The van der Waals surface area contributed by atoms with Gasteiger partial charge < -0.3 is 9.80 Å². The summed E-state index contributed by atoms with van der Waals surface area (Å²) < 4.78 is 0.967. The molecule has 0 unspecified atom stereocenters. The third kappa shape index (κ3) is 3.72. The van der Waals surface area contributed by atoms with Crippen LogP contribution in [0.1, 0.15) is 39.1 Å². The summed E-state index contributed by atoms with van der Waals surface area (Å²) in [7, 11) is 0. The molecule has 2 amide bonds. The van der Waals surface area contributed by atoms with E-state index in [1.165, 1.54) is 0 Å². The van der Waals surface area contributed by atoms with E-state index in [-0.39, 0.29) is 16.7 Å². The van der Waals surface area contributed by atoms with Gasteiger partial charge in [-0.3, -0.25) is 9.59 Å². The minimum Gasteiger partial charge on any atom is -0.338 e. The highest BCUT2D eigenvalue weighted by molar-refractivity contribution is 9.10. The molecule has 0 N–H and O–H groups in total. The van der Waals surface area contributed by atoms with E-state index in [0.717, 1.165) is 40.7 Å². The first-order chi connectivity index (χ1) is 13.5. The highest BCUT2D eigenvalue weighted by Crippen LogP contribution is 2.44. The standard InChI is InChI=1S/C22H23BrN2O2S/c1-16-3-2-4-18(15-16)21(27)25-13-14-28-22(25)9-11-24(12-10-22)20(26)17-5-7-19(23)8-6-17/h2-8,15H,9-14H2,1H3. The minimum atomic E-state index is -0.183. The second-order valence-corrected chi connectivity index (χ2v) is 9.79. The van der Waals surface area contributed by atoms with Crippen molar-refractivity contribution >= 4 is 39.5 Å². The van der Waals surface area contributed by atoms with Gasteiger partial charge in [-0.1, -0.05) is 33.6 Å². The maximum Gasteiger partial charge on any atom is 0.255 e. The fourth-order valence-corrected chi connectivity index (χ4v) is 5.80. The van der Waals surface area contributed by atoms with Crippen molar-refractivity contribution in [1.29, 1.82) is 0 Å². The van der Waals surface area contributed by atoms with Crippen LogP contribution in [-0.2, 0) is 0 Å². The molecule has 2 heterocycles. The van der Waals surface area contributed by atoms with E-state index in [1.807, 2.05) is 77.0 Å². The molecule has 4 rings (SSSR count). The molecule has 0 aliphatic carbocycles. The Morgan fingerprint density at radius 2 is 1.68 bits per heavy atom. The van der Waals surface area contributed by atoms with Gasteiger partial charge in [0.1, 0.15) is 0 Å². The Bertz CT molecular complexity index is 892. The topological polar surface area (TPSA) is 40.6 Å². The summed E-state index contributed by atoms with van der Waals surface area (Å²) in [5.74, 6) is 1.14. The number of benzene rings is 2. The van der Waals surface area contributed by atoms with Gasteiger partial charge in [-0.25, -0.2) is 0 Å². The molecule has 0 atom stereocenters. The number of nitrogens with zero attached hydrogens (tertiary/aromatic N) is 2. The Labute approximate surface area is 178 Å². The van der Waals surface area contributed by atoms with Crippen LogP contribution in [0.5, 0.6) is 0 Å². The van der Waals surface area contributed by atoms with Crippen LogP contribution in [0.4, 0.5) is 0 Å². The fourth-order valence-electron chi connectivity index (χ4n) is 4.08. The predicted octanol–water partition coefficient (Wildman–Crippen LogP) is 4.58. The van der Waals surface area contributed by atoms with Gasteiger partial charge in [-0.05, 0) is 56.2 Å². The van der Waals surface area contributed by atoms with Crippen LogP contribution in [0.25, 0.3) is 0 Å². The molecule has 2 aliphatic rings. The third-order valence-corrected chi connectivity index (χ3v) is 7.69. The molecule has 146 valence electrons. The lowest BCUT2D eigenvalue weighted by Gasteiger charge is -2.44. The Kier molecular flexibility index (Phi) is 5.52. The maximum atomic E-state index is 13.2. The number of hydrogen-bond donors (Lipinski definition) is 0. The van der Waals surface area contributed by atoms with E-state index in [2.05, 4.69) is 15.9 Å². The molecule has 2 aromatic rings. The molecule has 0 aromatic heterocycles. The number of likely N-dealkylation sites (tertiary alicyclic amines) is 1. The summed E-state index contributed by atoms with van der Waals surface area (Å²) in [6, 6.07) is 15.3. The van der Waals surface area contributed by atoms with Gasteiger partial charge in [0.15, 0.2) is 0 Å². The van der Waals surface area contributed by atoms with Crippen molar-refractivity contribution in [1.82, 2.24) is 9.80 Å². The molecule has 6 heteroatoms. The monoisotopic (exact) mass is 458 g/mol. The molecule has 28 heavy (non-hydrogen) atoms. The Morgan fingerprint density at radius 3 is 2.36 bits per heavy atom. The van der Waals surface area contributed by atoms with Crippen LogP contribution in [0, 0.1) is 6.92 Å². The van der Waals surface area contributed by atoms with Crippen LogP contribution >= 0.6 is 27.7 Å². The highest BCUT2D eigenvalue weighted by atomic mass is 79.9. The lowest BCUT2D eigenvalue weighted by molar-refractivity contribution is 0.0497. The van der Waals surface area contributed by atoms with Crippen molar-refractivity contribution < 1.29 is 9.59 Å². The first kappa shape index (κ1) is 19.5. The molecule has 1 spiro atoms. The lowest BCUT2D eigenvalue weighted by atomic mass is 9.99. The van der Waals surface area contributed by atoms with E-state index in [4.69, 9.17) is 0 Å². The summed E-state index contributed by atoms with van der Waals surface area (Å²) in [6.45, 7) is 4.15. The lowest BCUT2D eigenvalue weighted by Crippen LogP contribution is -2.53. The third-order valence-electron chi connectivity index (χ3n) is 5.61. The number of carbonyl (C=O) groups is 2. The number of carbonyl (C=O) groups excluding carboxylic acids is 2. The molecule has 0 bridgehead atoms. The Hall–Kier alpha value is -1.79. The van der Waals surface area contributed by atoms with Gasteiger partial charge in [0.05, 0.1) is 4.87 Å². The first-order valence-corrected chi connectivity index (χ1v) is 11.3. The summed E-state index contributed by atoms with van der Waals surface area (Å²) in [4.78, 5) is 29.8. The largest absolute Gasteiger partial charge is 0.338 e. The zero-order valence-electron chi connectivity index (χ0n) is 15.9. The zero-order chi connectivity index (χ0) is 19.7. The average molecular weight is 459 g/mol. The number of amides is 2. The Balaban J connectivity index is 1.47. The van der Waals surface area contributed by atoms with E-state index in [1.54, 1.807) is 0 Å². The molecule has 2 aromatic carbocycles. The van der Waals surface area contributed by atoms with E-state index < -0.39 is 0 Å². The number of halogens is 1. The summed E-state index contributed by atoms with van der Waals surface area (Å²) >= 11 is 5.28. The number of thioether (sulfide) groups is 1. The van der Waals surface area contributed by atoms with Crippen molar-refractivity contribution in [3.8, 4) is 0 Å². The molecule has 2 fully saturated rings. The first-order valence-electron chi connectivity index (χ1n) is 9.56. The quantitative estimate of drug-likeness (QED) is 0.660. The van der Waals surface area contributed by atoms with Gasteiger partial charge in [-0.15, -0.1) is 11.8 Å². The number of rotatable bonds is 2. The average Bonchev–Trinajstić information content (AvgIpc) is 3.11. The molecule has 4 nitrogen and oxygen atoms in total. The number of aryl methyl sites for hydroxylation is 1. The van der Waals surface area contributed by atoms with Crippen LogP contribution in [0.3, 0.4) is 0 Å². The zero-order valence-corrected chi connectivity index (χ0v) is 18.3. The molecule has 0 radical (unpaired) electrons. The van der Waals surface area contributed by atoms with Gasteiger partial charge in [0.2, 0.25) is 0 Å². The summed E-state index contributed by atoms with van der Waals surface area (Å²) in [5.41, 5.74) is 2.57. The number of piperidine rings is 1. The maximum absolute atomic E-state index is 13.2. The highest BCUT2D eigenvalue weighted by Gasteiger charge is 2.47. The van der Waals surface area contributed by atoms with Gasteiger partial charge >= 0.3 is 0 Å². The van der Waals surface area contributed by atoms with E-state index in [0.29, 0.717) is 18.7 Å². The van der Waals surface area contributed by atoms with Gasteiger partial charge in [0.25, 0.3) is 11.8 Å². The van der Waals surface area contributed by atoms with Crippen molar-refractivity contribution in [2.45, 2.75) is 24.6 Å². The Morgan fingerprint density at radius 1 is 0.964 bits per heavy atom. The smallest absolute Gasteiger partial charge is 0.255 e. The van der Waals surface area contributed by atoms with Gasteiger partial charge in [0, 0.05) is 41.0 Å². The van der Waals surface area contributed by atoms with Crippen LogP contribution < -0.4 is 0 Å². The van der Waals surface area contributed by atoms with E-state index in [9.17, 15) is 9.59 Å². The molecule has 0 saturated carbocycles. The van der Waals surface area contributed by atoms with Crippen LogP contribution in [-0.4, -0.2) is 51.9 Å². The summed E-state index contributed by atoms with van der Waals surface area (Å²) in [6.07, 6.45) is 1.63. The van der Waals surface area contributed by atoms with Crippen molar-refractivity contribution in [3.05, 3.63) is 69.7 Å². The van der Waals surface area contributed by atoms with Crippen molar-refractivity contribution in [3.63, 3.8) is 0 Å². The second kappa shape index (κ2) is 7.91. The number of hydrogen-bond acceptors (Lipinski definition) is 3. The van der Waals surface area contributed by atoms with Crippen molar-refractivity contribution in [2.24, 2.45) is 0 Å². The normalized spacial score (nSPS) is 18.5. The van der Waals surface area contributed by atoms with Crippen LogP contribution in [0.15, 0.2) is 53.0 Å². The molecule has 2 aliphatic heterocycles. The van der Waals surface area contributed by atoms with Crippen molar-refractivity contribution in [2.75, 3.05) is 25.4 Å². The molecular formula is C22H23BrN2O2S. The predicted molar refractivity (Wildman–Crippen MR) is 117 cm³/mol.